The van der Waals surface area contributed by atoms with Crippen molar-refractivity contribution in [3.8, 4) is 0 Å². The molecule has 1 atom stereocenters. The van der Waals surface area contributed by atoms with Crippen LogP contribution in [0.2, 0.25) is 0 Å². The number of nitrogens with zero attached hydrogens (tertiary/aromatic N) is 2. The molecule has 0 aromatic heterocycles. The molecule has 110 valence electrons. The maximum absolute atomic E-state index is 12.1. The van der Waals surface area contributed by atoms with E-state index in [-0.39, 0.29) is 5.69 Å². The first kappa shape index (κ1) is 16.5. The van der Waals surface area contributed by atoms with Crippen molar-refractivity contribution in [2.75, 3.05) is 0 Å². The lowest BCUT2D eigenvalue weighted by molar-refractivity contribution is -0.384. The largest absolute Gasteiger partial charge is 0.270 e. The molecule has 0 saturated heterocycles. The summed E-state index contributed by atoms with van der Waals surface area (Å²) in [5.74, 6) is 0. The van der Waals surface area contributed by atoms with Gasteiger partial charge in [-0.2, -0.15) is 4.40 Å². The molecule has 0 bridgehead atoms. The second-order valence-corrected chi connectivity index (χ2v) is 7.64. The molecule has 1 aromatic carbocycles. The summed E-state index contributed by atoms with van der Waals surface area (Å²) in [7, 11) is -1.38. The molecule has 0 saturated carbocycles. The number of aryl methyl sites for hydroxylation is 1. The van der Waals surface area contributed by atoms with Crippen LogP contribution >= 0.6 is 0 Å². The number of hydrogen-bond donors (Lipinski definition) is 0. The van der Waals surface area contributed by atoms with Crippen LogP contribution in [0.1, 0.15) is 44.4 Å². The van der Waals surface area contributed by atoms with E-state index in [9.17, 15) is 14.3 Å². The van der Waals surface area contributed by atoms with Crippen LogP contribution in [0.4, 0.5) is 5.69 Å². The third kappa shape index (κ3) is 3.72. The summed E-state index contributed by atoms with van der Waals surface area (Å²) in [4.78, 5) is 10.5. The Morgan fingerprint density at radius 3 is 2.30 bits per heavy atom. The zero-order chi connectivity index (χ0) is 15.7. The second kappa shape index (κ2) is 5.83. The van der Waals surface area contributed by atoms with E-state index in [4.69, 9.17) is 0 Å². The van der Waals surface area contributed by atoms with Gasteiger partial charge in [-0.15, -0.1) is 0 Å². The average Bonchev–Trinajstić information content (AvgIpc) is 2.30. The molecule has 0 spiro atoms. The molecule has 6 heteroatoms. The van der Waals surface area contributed by atoms with Gasteiger partial charge in [0.2, 0.25) is 0 Å². The summed E-state index contributed by atoms with van der Waals surface area (Å²) >= 11 is 0. The lowest BCUT2D eigenvalue weighted by Gasteiger charge is -2.15. The molecule has 0 fully saturated rings. The highest BCUT2D eigenvalue weighted by atomic mass is 32.2. The Morgan fingerprint density at radius 1 is 1.30 bits per heavy atom. The van der Waals surface area contributed by atoms with Crippen LogP contribution in [0, 0.1) is 24.0 Å². The van der Waals surface area contributed by atoms with Gasteiger partial charge in [0.15, 0.2) is 0 Å². The van der Waals surface area contributed by atoms with Crippen LogP contribution < -0.4 is 0 Å². The summed E-state index contributed by atoms with van der Waals surface area (Å²) in [6, 6.07) is 3.02. The van der Waals surface area contributed by atoms with Crippen LogP contribution in [0.3, 0.4) is 0 Å². The first-order valence-corrected chi connectivity index (χ1v) is 7.38. The minimum Gasteiger partial charge on any atom is -0.258 e. The lowest BCUT2D eigenvalue weighted by atomic mass is 9.99. The average molecular weight is 296 g/mol. The van der Waals surface area contributed by atoms with Crippen LogP contribution in [-0.2, 0) is 11.0 Å². The Kier molecular flexibility index (Phi) is 4.81. The zero-order valence-corrected chi connectivity index (χ0v) is 13.5. The molecule has 0 aliphatic rings. The van der Waals surface area contributed by atoms with E-state index in [1.54, 1.807) is 6.92 Å². The highest BCUT2D eigenvalue weighted by Gasteiger charge is 2.20. The molecule has 5 nitrogen and oxygen atoms in total. The molecular formula is C14H20N2O3S. The Bertz CT molecular complexity index is 601. The van der Waals surface area contributed by atoms with Gasteiger partial charge in [-0.3, -0.25) is 10.1 Å². The molecule has 1 aromatic rings. The topological polar surface area (TPSA) is 72.6 Å². The smallest absolute Gasteiger partial charge is 0.258 e. The van der Waals surface area contributed by atoms with Crippen molar-refractivity contribution >= 4 is 22.4 Å². The van der Waals surface area contributed by atoms with Crippen molar-refractivity contribution in [1.29, 1.82) is 0 Å². The quantitative estimate of drug-likeness (QED) is 0.487. The van der Waals surface area contributed by atoms with Crippen molar-refractivity contribution in [1.82, 2.24) is 0 Å². The van der Waals surface area contributed by atoms with E-state index in [0.29, 0.717) is 11.3 Å². The van der Waals surface area contributed by atoms with Crippen molar-refractivity contribution in [3.05, 3.63) is 38.9 Å². The molecule has 0 heterocycles. The molecule has 0 unspecified atom stereocenters. The SMILES string of the molecule is CC(=N[S@](=O)C(C)(C)C)c1cc([N+](=O)[O-])cc(C)c1C. The number of benzene rings is 1. The third-order valence-corrected chi connectivity index (χ3v) is 4.48. The van der Waals surface area contributed by atoms with E-state index in [0.717, 1.165) is 11.1 Å². The van der Waals surface area contributed by atoms with Gasteiger partial charge in [0.25, 0.3) is 5.69 Å². The van der Waals surface area contributed by atoms with E-state index >= 15 is 0 Å². The fourth-order valence-electron chi connectivity index (χ4n) is 1.63. The Balaban J connectivity index is 3.36. The predicted molar refractivity (Wildman–Crippen MR) is 82.7 cm³/mol. The van der Waals surface area contributed by atoms with Crippen molar-refractivity contribution in [3.63, 3.8) is 0 Å². The zero-order valence-electron chi connectivity index (χ0n) is 12.7. The summed E-state index contributed by atoms with van der Waals surface area (Å²) in [6.07, 6.45) is 0. The van der Waals surface area contributed by atoms with Gasteiger partial charge in [0, 0.05) is 17.7 Å². The van der Waals surface area contributed by atoms with Gasteiger partial charge in [-0.25, -0.2) is 4.21 Å². The van der Waals surface area contributed by atoms with E-state index in [1.807, 2.05) is 34.6 Å². The number of hydrogen-bond acceptors (Lipinski definition) is 3. The van der Waals surface area contributed by atoms with Gasteiger partial charge in [0.1, 0.15) is 11.0 Å². The lowest BCUT2D eigenvalue weighted by Crippen LogP contribution is -2.21. The second-order valence-electron chi connectivity index (χ2n) is 5.73. The molecule has 20 heavy (non-hydrogen) atoms. The number of nitro benzene ring substituents is 1. The number of nitro groups is 1. The van der Waals surface area contributed by atoms with Gasteiger partial charge >= 0.3 is 0 Å². The Hall–Kier alpha value is -1.56. The molecule has 0 N–H and O–H groups in total. The molecule has 1 rings (SSSR count). The monoisotopic (exact) mass is 296 g/mol. The van der Waals surface area contributed by atoms with Crippen LogP contribution in [0.25, 0.3) is 0 Å². The van der Waals surface area contributed by atoms with Crippen LogP contribution in [-0.4, -0.2) is 19.6 Å². The highest BCUT2D eigenvalue weighted by Crippen LogP contribution is 2.23. The highest BCUT2D eigenvalue weighted by molar-refractivity contribution is 7.85. The minimum atomic E-state index is -1.38. The van der Waals surface area contributed by atoms with Crippen molar-refractivity contribution in [2.45, 2.75) is 46.3 Å². The van der Waals surface area contributed by atoms with Crippen molar-refractivity contribution in [2.24, 2.45) is 4.40 Å². The van der Waals surface area contributed by atoms with E-state index in [2.05, 4.69) is 4.40 Å². The van der Waals surface area contributed by atoms with E-state index in [1.165, 1.54) is 12.1 Å². The maximum Gasteiger partial charge on any atom is 0.270 e. The molecule has 0 aliphatic heterocycles. The maximum atomic E-state index is 12.1. The van der Waals surface area contributed by atoms with Gasteiger partial charge in [-0.05, 0) is 52.7 Å². The standard InChI is InChI=1S/C14H20N2O3S/c1-9-7-12(16(17)18)8-13(10(9)2)11(3)15-20(19)14(4,5)6/h7-8H,1-6H3/t20-/m1/s1. The molecule has 0 amide bonds. The predicted octanol–water partition coefficient (Wildman–Crippen LogP) is 3.48. The molecular weight excluding hydrogens is 276 g/mol. The minimum absolute atomic E-state index is 0.0270. The molecule has 0 radical (unpaired) electrons. The fraction of sp³-hybridized carbons (Fsp3) is 0.500. The summed E-state index contributed by atoms with van der Waals surface area (Å²) in [5, 5.41) is 10.9. The van der Waals surface area contributed by atoms with E-state index < -0.39 is 20.7 Å². The first-order valence-electron chi connectivity index (χ1n) is 6.27. The van der Waals surface area contributed by atoms with Gasteiger partial charge in [0.05, 0.1) is 15.4 Å². The fourth-order valence-corrected chi connectivity index (χ4v) is 2.25. The first-order chi connectivity index (χ1) is 9.04. The molecule has 0 aliphatic carbocycles. The van der Waals surface area contributed by atoms with Crippen LogP contribution in [0.5, 0.6) is 0 Å². The summed E-state index contributed by atoms with van der Waals surface area (Å²) in [6.45, 7) is 10.9. The number of non-ortho nitro benzene ring substituents is 1. The number of rotatable bonds is 3. The summed E-state index contributed by atoms with van der Waals surface area (Å²) in [5.41, 5.74) is 3.00. The van der Waals surface area contributed by atoms with Crippen LogP contribution in [0.15, 0.2) is 16.5 Å². The third-order valence-electron chi connectivity index (χ3n) is 3.00. The normalized spacial score (nSPS) is 14.2. The Labute approximate surface area is 121 Å². The van der Waals surface area contributed by atoms with Gasteiger partial charge in [-0.1, -0.05) is 0 Å². The summed E-state index contributed by atoms with van der Waals surface area (Å²) < 4.78 is 15.8. The van der Waals surface area contributed by atoms with Crippen molar-refractivity contribution < 1.29 is 9.13 Å². The Morgan fingerprint density at radius 2 is 1.85 bits per heavy atom. The van der Waals surface area contributed by atoms with Gasteiger partial charge < -0.3 is 0 Å².